The van der Waals surface area contributed by atoms with Gasteiger partial charge in [0.15, 0.2) is 0 Å². The van der Waals surface area contributed by atoms with E-state index >= 15 is 0 Å². The van der Waals surface area contributed by atoms with E-state index in [1.54, 1.807) is 6.07 Å². The maximum Gasteiger partial charge on any atom is 0.311 e. The van der Waals surface area contributed by atoms with Gasteiger partial charge in [0, 0.05) is 38.2 Å². The van der Waals surface area contributed by atoms with E-state index in [-0.39, 0.29) is 23.5 Å². The van der Waals surface area contributed by atoms with Crippen LogP contribution in [-0.4, -0.2) is 46.4 Å². The molecule has 3 rings (SSSR count). The summed E-state index contributed by atoms with van der Waals surface area (Å²) >= 11 is 0. The minimum atomic E-state index is -0.542. The summed E-state index contributed by atoms with van der Waals surface area (Å²) in [6.07, 6.45) is 1.46. The first kappa shape index (κ1) is 12.6. The van der Waals surface area contributed by atoms with Crippen molar-refractivity contribution in [2.45, 2.75) is 18.9 Å². The lowest BCUT2D eigenvalue weighted by atomic mass is 10.1. The molecule has 2 fully saturated rings. The molecule has 2 N–H and O–H groups in total. The van der Waals surface area contributed by atoms with Crippen molar-refractivity contribution in [2.24, 2.45) is 0 Å². The maximum atomic E-state index is 11.6. The van der Waals surface area contributed by atoms with Crippen LogP contribution in [0.4, 0.5) is 17.3 Å². The number of rotatable bonds is 2. The second-order valence-corrected chi connectivity index (χ2v) is 5.06. The molecule has 8 heteroatoms. The Bertz CT molecular complexity index is 576. The van der Waals surface area contributed by atoms with Gasteiger partial charge in [0.1, 0.15) is 5.82 Å². The van der Waals surface area contributed by atoms with Crippen molar-refractivity contribution in [3.63, 3.8) is 0 Å². The molecule has 1 aromatic heterocycles. The zero-order valence-electron chi connectivity index (χ0n) is 10.9. The summed E-state index contributed by atoms with van der Waals surface area (Å²) in [6, 6.07) is 3.21. The molecular weight excluding hydrogens is 262 g/mol. The van der Waals surface area contributed by atoms with Crippen molar-refractivity contribution in [1.82, 2.24) is 9.88 Å². The highest BCUT2D eigenvalue weighted by Gasteiger charge is 2.36. The molecule has 1 unspecified atom stereocenters. The van der Waals surface area contributed by atoms with E-state index in [0.717, 1.165) is 6.42 Å². The molecule has 2 saturated heterocycles. The topological polar surface area (TPSA) is 106 Å². The summed E-state index contributed by atoms with van der Waals surface area (Å²) in [5, 5.41) is 10.7. The Morgan fingerprint density at radius 2 is 2.20 bits per heavy atom. The highest BCUT2D eigenvalue weighted by Crippen LogP contribution is 2.28. The number of piperazine rings is 1. The van der Waals surface area contributed by atoms with E-state index < -0.39 is 4.92 Å². The first-order chi connectivity index (χ1) is 9.56. The molecule has 0 aliphatic carbocycles. The highest BCUT2D eigenvalue weighted by molar-refractivity contribution is 5.79. The summed E-state index contributed by atoms with van der Waals surface area (Å²) in [5.41, 5.74) is 5.44. The number of nitrogens with zero attached hydrogens (tertiary/aromatic N) is 4. The normalized spacial score (nSPS) is 22.0. The van der Waals surface area contributed by atoms with E-state index in [2.05, 4.69) is 4.98 Å². The number of hydrogen-bond acceptors (Lipinski definition) is 6. The van der Waals surface area contributed by atoms with Crippen molar-refractivity contribution in [2.75, 3.05) is 30.3 Å². The van der Waals surface area contributed by atoms with Gasteiger partial charge < -0.3 is 15.5 Å². The van der Waals surface area contributed by atoms with Crippen LogP contribution in [0, 0.1) is 10.1 Å². The molecule has 0 spiro atoms. The monoisotopic (exact) mass is 277 g/mol. The third-order valence-electron chi connectivity index (χ3n) is 3.90. The lowest BCUT2D eigenvalue weighted by Crippen LogP contribution is -2.51. The highest BCUT2D eigenvalue weighted by atomic mass is 16.6. The van der Waals surface area contributed by atoms with Crippen LogP contribution in [0.1, 0.15) is 12.8 Å². The van der Waals surface area contributed by atoms with E-state index in [9.17, 15) is 14.9 Å². The van der Waals surface area contributed by atoms with Gasteiger partial charge in [0.2, 0.25) is 11.7 Å². The summed E-state index contributed by atoms with van der Waals surface area (Å²) in [4.78, 5) is 29.8. The molecule has 1 aromatic rings. The van der Waals surface area contributed by atoms with E-state index in [4.69, 9.17) is 5.73 Å². The van der Waals surface area contributed by atoms with E-state index in [1.165, 1.54) is 6.07 Å². The Hall–Kier alpha value is -2.38. The molecule has 0 radical (unpaired) electrons. The van der Waals surface area contributed by atoms with Crippen molar-refractivity contribution in [1.29, 1.82) is 0 Å². The van der Waals surface area contributed by atoms with Crippen LogP contribution in [0.2, 0.25) is 0 Å². The number of carbonyl (C=O) groups is 1. The average molecular weight is 277 g/mol. The Morgan fingerprint density at radius 1 is 1.40 bits per heavy atom. The molecule has 0 saturated carbocycles. The Labute approximate surface area is 115 Å². The second kappa shape index (κ2) is 4.62. The average Bonchev–Trinajstić information content (AvgIpc) is 2.79. The summed E-state index contributed by atoms with van der Waals surface area (Å²) < 4.78 is 0. The molecule has 2 aliphatic rings. The quantitative estimate of drug-likeness (QED) is 0.619. The molecule has 106 valence electrons. The number of carbonyl (C=O) groups excluding carboxylic acids is 1. The molecule has 8 nitrogen and oxygen atoms in total. The number of pyridine rings is 1. The van der Waals surface area contributed by atoms with Gasteiger partial charge in [0.25, 0.3) is 0 Å². The first-order valence-corrected chi connectivity index (χ1v) is 6.51. The van der Waals surface area contributed by atoms with Gasteiger partial charge in [-0.2, -0.15) is 0 Å². The molecular formula is C12H15N5O3. The largest absolute Gasteiger partial charge is 0.378 e. The van der Waals surface area contributed by atoms with Crippen LogP contribution in [0.25, 0.3) is 0 Å². The fourth-order valence-electron chi connectivity index (χ4n) is 2.86. The van der Waals surface area contributed by atoms with Crippen LogP contribution >= 0.6 is 0 Å². The number of hydrogen-bond donors (Lipinski definition) is 1. The standard InChI is InChI=1S/C12H15N5O3/c13-12-9(17(19)20)2-3-10(14-12)15-5-6-16-8(7-15)1-4-11(16)18/h2-3,8H,1,4-7H2,(H2,13,14). The van der Waals surface area contributed by atoms with Crippen LogP contribution in [-0.2, 0) is 4.79 Å². The Kier molecular flexibility index (Phi) is 2.92. The summed E-state index contributed by atoms with van der Waals surface area (Å²) in [5.74, 6) is 0.773. The molecule has 0 bridgehead atoms. The van der Waals surface area contributed by atoms with Gasteiger partial charge in [-0.25, -0.2) is 4.98 Å². The number of anilines is 2. The second-order valence-electron chi connectivity index (χ2n) is 5.06. The summed E-state index contributed by atoms with van der Waals surface area (Å²) in [7, 11) is 0. The van der Waals surface area contributed by atoms with Crippen molar-refractivity contribution in [3.8, 4) is 0 Å². The number of nitrogen functional groups attached to an aromatic ring is 1. The molecule has 0 aromatic carbocycles. The van der Waals surface area contributed by atoms with Crippen molar-refractivity contribution < 1.29 is 9.72 Å². The number of nitro groups is 1. The fourth-order valence-corrected chi connectivity index (χ4v) is 2.86. The van der Waals surface area contributed by atoms with Crippen molar-refractivity contribution >= 4 is 23.2 Å². The predicted molar refractivity (Wildman–Crippen MR) is 72.3 cm³/mol. The van der Waals surface area contributed by atoms with Gasteiger partial charge in [-0.05, 0) is 12.5 Å². The summed E-state index contributed by atoms with van der Waals surface area (Å²) in [6.45, 7) is 2.05. The minimum absolute atomic E-state index is 0.0718. The minimum Gasteiger partial charge on any atom is -0.378 e. The molecule has 2 aliphatic heterocycles. The first-order valence-electron chi connectivity index (χ1n) is 6.51. The number of fused-ring (bicyclic) bond motifs is 1. The number of amides is 1. The van der Waals surface area contributed by atoms with Crippen LogP contribution in [0.5, 0.6) is 0 Å². The van der Waals surface area contributed by atoms with Crippen LogP contribution in [0.3, 0.4) is 0 Å². The smallest absolute Gasteiger partial charge is 0.311 e. The number of nitrogens with two attached hydrogens (primary N) is 1. The zero-order chi connectivity index (χ0) is 14.3. The predicted octanol–water partition coefficient (Wildman–Crippen LogP) is 0.383. The molecule has 20 heavy (non-hydrogen) atoms. The van der Waals surface area contributed by atoms with Gasteiger partial charge in [0.05, 0.1) is 4.92 Å². The third-order valence-corrected chi connectivity index (χ3v) is 3.90. The van der Waals surface area contributed by atoms with Gasteiger partial charge in [-0.1, -0.05) is 0 Å². The Morgan fingerprint density at radius 3 is 2.90 bits per heavy atom. The van der Waals surface area contributed by atoms with E-state index in [0.29, 0.717) is 31.9 Å². The third kappa shape index (κ3) is 2.02. The van der Waals surface area contributed by atoms with E-state index in [1.807, 2.05) is 9.80 Å². The lowest BCUT2D eigenvalue weighted by molar-refractivity contribution is -0.384. The SMILES string of the molecule is Nc1nc(N2CCN3C(=O)CCC3C2)ccc1[N+](=O)[O-]. The molecule has 1 amide bonds. The van der Waals surface area contributed by atoms with Gasteiger partial charge in [-0.15, -0.1) is 0 Å². The van der Waals surface area contributed by atoms with Crippen molar-refractivity contribution in [3.05, 3.63) is 22.2 Å². The fraction of sp³-hybridized carbons (Fsp3) is 0.500. The Balaban J connectivity index is 1.79. The molecule has 1 atom stereocenters. The zero-order valence-corrected chi connectivity index (χ0v) is 10.9. The van der Waals surface area contributed by atoms with Gasteiger partial charge >= 0.3 is 5.69 Å². The van der Waals surface area contributed by atoms with Gasteiger partial charge in [-0.3, -0.25) is 14.9 Å². The number of aromatic nitrogens is 1. The lowest BCUT2D eigenvalue weighted by Gasteiger charge is -2.38. The van der Waals surface area contributed by atoms with Crippen LogP contribution in [0.15, 0.2) is 12.1 Å². The molecule has 3 heterocycles. The maximum absolute atomic E-state index is 11.6. The van der Waals surface area contributed by atoms with Crippen LogP contribution < -0.4 is 10.6 Å².